The highest BCUT2D eigenvalue weighted by Gasteiger charge is 2.33. The topological polar surface area (TPSA) is 58.6 Å². The van der Waals surface area contributed by atoms with Crippen LogP contribution in [-0.4, -0.2) is 58.5 Å². The number of hydrogen-bond donors (Lipinski definition) is 0. The fourth-order valence-electron chi connectivity index (χ4n) is 3.42. The van der Waals surface area contributed by atoms with Gasteiger partial charge >= 0.3 is 0 Å². The summed E-state index contributed by atoms with van der Waals surface area (Å²) in [6.07, 6.45) is 5.31. The lowest BCUT2D eigenvalue weighted by Crippen LogP contribution is -2.47. The molecule has 1 atom stereocenters. The van der Waals surface area contributed by atoms with E-state index < -0.39 is 0 Å². The highest BCUT2D eigenvalue weighted by atomic mass is 16.5. The Labute approximate surface area is 161 Å². The molecule has 0 N–H and O–H groups in total. The predicted octanol–water partition coefficient (Wildman–Crippen LogP) is 2.53. The van der Waals surface area contributed by atoms with Crippen LogP contribution in [0.4, 0.5) is 0 Å². The van der Waals surface area contributed by atoms with Crippen LogP contribution in [0.15, 0.2) is 48.9 Å². The van der Waals surface area contributed by atoms with E-state index in [2.05, 4.69) is 28.7 Å². The second kappa shape index (κ2) is 9.58. The van der Waals surface area contributed by atoms with E-state index in [1.165, 1.54) is 0 Å². The van der Waals surface area contributed by atoms with Gasteiger partial charge in [0.15, 0.2) is 0 Å². The molecule has 0 saturated carbocycles. The van der Waals surface area contributed by atoms with Crippen molar-refractivity contribution in [1.82, 2.24) is 19.8 Å². The lowest BCUT2D eigenvalue weighted by Gasteiger charge is -2.37. The average molecular weight is 368 g/mol. The van der Waals surface area contributed by atoms with Gasteiger partial charge < -0.3 is 9.64 Å². The lowest BCUT2D eigenvalue weighted by atomic mass is 10.0. The minimum absolute atomic E-state index is 0.101. The molecule has 2 aromatic rings. The van der Waals surface area contributed by atoms with Crippen molar-refractivity contribution >= 4 is 5.91 Å². The van der Waals surface area contributed by atoms with Gasteiger partial charge in [0.2, 0.25) is 5.91 Å². The van der Waals surface area contributed by atoms with Crippen molar-refractivity contribution in [3.63, 3.8) is 0 Å². The number of carbonyl (C=O) groups excluding carboxylic acids is 1. The molecule has 0 aromatic carbocycles. The summed E-state index contributed by atoms with van der Waals surface area (Å²) in [5, 5.41) is 0. The second-order valence-electron chi connectivity index (χ2n) is 7.27. The maximum absolute atomic E-state index is 13.7. The Morgan fingerprint density at radius 1 is 1.19 bits per heavy atom. The molecule has 0 bridgehead atoms. The third-order valence-electron chi connectivity index (χ3n) is 4.62. The summed E-state index contributed by atoms with van der Waals surface area (Å²) in [5.41, 5.74) is 1.83. The fourth-order valence-corrected chi connectivity index (χ4v) is 3.42. The standard InChI is InChI=1S/C21H28N4O2/c1-17(2)15-25(16-19-7-3-4-9-23-19)21(26)20(18-6-5-8-22-14-18)24-10-12-27-13-11-24/h3-9,14,17,20H,10-13,15-16H2,1-2H3/t20-/m1/s1. The molecule has 3 rings (SSSR count). The summed E-state index contributed by atoms with van der Waals surface area (Å²) in [6.45, 7) is 8.24. The smallest absolute Gasteiger partial charge is 0.244 e. The third kappa shape index (κ3) is 5.34. The van der Waals surface area contributed by atoms with E-state index in [0.717, 1.165) is 24.3 Å². The third-order valence-corrected chi connectivity index (χ3v) is 4.62. The van der Waals surface area contributed by atoms with Crippen molar-refractivity contribution in [1.29, 1.82) is 0 Å². The van der Waals surface area contributed by atoms with Crippen molar-refractivity contribution in [2.75, 3.05) is 32.8 Å². The fraction of sp³-hybridized carbons (Fsp3) is 0.476. The SMILES string of the molecule is CC(C)CN(Cc1ccccn1)C(=O)[C@@H](c1cccnc1)N1CCOCC1. The molecule has 6 nitrogen and oxygen atoms in total. The van der Waals surface area contributed by atoms with E-state index in [9.17, 15) is 4.79 Å². The van der Waals surface area contributed by atoms with E-state index in [0.29, 0.717) is 32.2 Å². The molecule has 1 amide bonds. The van der Waals surface area contributed by atoms with Crippen molar-refractivity contribution in [3.05, 3.63) is 60.2 Å². The van der Waals surface area contributed by atoms with Gasteiger partial charge in [0.1, 0.15) is 6.04 Å². The number of hydrogen-bond acceptors (Lipinski definition) is 5. The highest BCUT2D eigenvalue weighted by molar-refractivity contribution is 5.83. The largest absolute Gasteiger partial charge is 0.379 e. The average Bonchev–Trinajstić information content (AvgIpc) is 2.70. The van der Waals surface area contributed by atoms with Gasteiger partial charge in [-0.25, -0.2) is 0 Å². The van der Waals surface area contributed by atoms with Crippen LogP contribution in [0.1, 0.15) is 31.1 Å². The second-order valence-corrected chi connectivity index (χ2v) is 7.27. The number of amides is 1. The number of nitrogens with zero attached hydrogens (tertiary/aromatic N) is 4. The van der Waals surface area contributed by atoms with Crippen molar-refractivity contribution in [3.8, 4) is 0 Å². The Morgan fingerprint density at radius 3 is 2.63 bits per heavy atom. The van der Waals surface area contributed by atoms with E-state index in [-0.39, 0.29) is 11.9 Å². The molecule has 27 heavy (non-hydrogen) atoms. The maximum Gasteiger partial charge on any atom is 0.244 e. The Kier molecular flexibility index (Phi) is 6.90. The molecule has 0 spiro atoms. The molecule has 1 fully saturated rings. The lowest BCUT2D eigenvalue weighted by molar-refractivity contribution is -0.140. The van der Waals surface area contributed by atoms with E-state index in [1.54, 1.807) is 18.6 Å². The van der Waals surface area contributed by atoms with Crippen molar-refractivity contribution in [2.45, 2.75) is 26.4 Å². The molecule has 0 aliphatic carbocycles. The van der Waals surface area contributed by atoms with Gasteiger partial charge in [0.25, 0.3) is 0 Å². The zero-order valence-electron chi connectivity index (χ0n) is 16.1. The number of ether oxygens (including phenoxy) is 1. The Bertz CT molecular complexity index is 703. The van der Waals surface area contributed by atoms with Crippen LogP contribution in [0, 0.1) is 5.92 Å². The summed E-state index contributed by atoms with van der Waals surface area (Å²) in [7, 11) is 0. The molecule has 1 aliphatic rings. The summed E-state index contributed by atoms with van der Waals surface area (Å²) < 4.78 is 5.49. The molecule has 0 radical (unpaired) electrons. The minimum Gasteiger partial charge on any atom is -0.379 e. The van der Waals surface area contributed by atoms with Gasteiger partial charge in [0, 0.05) is 38.2 Å². The van der Waals surface area contributed by atoms with Gasteiger partial charge in [-0.2, -0.15) is 0 Å². The number of morpholine rings is 1. The summed E-state index contributed by atoms with van der Waals surface area (Å²) in [6, 6.07) is 9.35. The number of aromatic nitrogens is 2. The van der Waals surface area contributed by atoms with Crippen LogP contribution in [-0.2, 0) is 16.1 Å². The molecule has 3 heterocycles. The van der Waals surface area contributed by atoms with E-state index in [1.807, 2.05) is 35.2 Å². The van der Waals surface area contributed by atoms with Crippen molar-refractivity contribution in [2.24, 2.45) is 5.92 Å². The molecule has 144 valence electrons. The normalized spacial score (nSPS) is 16.3. The van der Waals surface area contributed by atoms with Crippen LogP contribution >= 0.6 is 0 Å². The quantitative estimate of drug-likeness (QED) is 0.752. The Balaban J connectivity index is 1.88. The van der Waals surface area contributed by atoms with Crippen LogP contribution in [0.2, 0.25) is 0 Å². The monoisotopic (exact) mass is 368 g/mol. The first-order chi connectivity index (χ1) is 13.1. The molecular formula is C21H28N4O2. The van der Waals surface area contributed by atoms with Crippen molar-refractivity contribution < 1.29 is 9.53 Å². The number of carbonyl (C=O) groups is 1. The first kappa shape index (κ1) is 19.5. The van der Waals surface area contributed by atoms with Gasteiger partial charge in [0.05, 0.1) is 25.5 Å². The summed E-state index contributed by atoms with van der Waals surface area (Å²) in [5.74, 6) is 0.473. The summed E-state index contributed by atoms with van der Waals surface area (Å²) >= 11 is 0. The zero-order chi connectivity index (χ0) is 19.1. The van der Waals surface area contributed by atoms with Crippen LogP contribution < -0.4 is 0 Å². The molecule has 1 aliphatic heterocycles. The maximum atomic E-state index is 13.7. The number of rotatable bonds is 7. The molecular weight excluding hydrogens is 340 g/mol. The van der Waals surface area contributed by atoms with Gasteiger partial charge in [-0.1, -0.05) is 26.0 Å². The van der Waals surface area contributed by atoms with Gasteiger partial charge in [-0.3, -0.25) is 19.7 Å². The summed E-state index contributed by atoms with van der Waals surface area (Å²) in [4.78, 5) is 26.5. The minimum atomic E-state index is -0.343. The number of pyridine rings is 2. The van der Waals surface area contributed by atoms with Gasteiger partial charge in [-0.15, -0.1) is 0 Å². The van der Waals surface area contributed by atoms with Crippen LogP contribution in [0.3, 0.4) is 0 Å². The van der Waals surface area contributed by atoms with Crippen LogP contribution in [0.25, 0.3) is 0 Å². The molecule has 6 heteroatoms. The van der Waals surface area contributed by atoms with Crippen LogP contribution in [0.5, 0.6) is 0 Å². The molecule has 2 aromatic heterocycles. The van der Waals surface area contributed by atoms with E-state index in [4.69, 9.17) is 4.74 Å². The zero-order valence-corrected chi connectivity index (χ0v) is 16.1. The predicted molar refractivity (Wildman–Crippen MR) is 104 cm³/mol. The Hall–Kier alpha value is -2.31. The first-order valence-electron chi connectivity index (χ1n) is 9.55. The molecule has 1 saturated heterocycles. The molecule has 0 unspecified atom stereocenters. The Morgan fingerprint density at radius 2 is 2.00 bits per heavy atom. The van der Waals surface area contributed by atoms with E-state index >= 15 is 0 Å². The van der Waals surface area contributed by atoms with Gasteiger partial charge in [-0.05, 0) is 29.7 Å². The first-order valence-corrected chi connectivity index (χ1v) is 9.55. The highest BCUT2D eigenvalue weighted by Crippen LogP contribution is 2.25.